The smallest absolute Gasteiger partial charge is 0.267 e. The predicted octanol–water partition coefficient (Wildman–Crippen LogP) is 4.10. The Morgan fingerprint density at radius 1 is 1.09 bits per heavy atom. The zero-order valence-electron chi connectivity index (χ0n) is 16.5. The van der Waals surface area contributed by atoms with Crippen molar-refractivity contribution in [3.8, 4) is 0 Å². The SMILES string of the molecule is NC(=O)C(Cc1ccccc1)N(C(=O)[C@H](F)C(F)c1ccc(F)c(F)c1F)c1n[nH]c(=S)s1. The summed E-state index contributed by atoms with van der Waals surface area (Å²) in [4.78, 5) is 25.8. The van der Waals surface area contributed by atoms with Gasteiger partial charge in [-0.15, -0.1) is 5.10 Å². The maximum absolute atomic E-state index is 15.0. The van der Waals surface area contributed by atoms with Crippen molar-refractivity contribution >= 4 is 40.5 Å². The van der Waals surface area contributed by atoms with E-state index >= 15 is 4.39 Å². The van der Waals surface area contributed by atoms with Crippen LogP contribution in [0.4, 0.5) is 27.1 Å². The fraction of sp³-hybridized carbons (Fsp3) is 0.200. The predicted molar refractivity (Wildman–Crippen MR) is 113 cm³/mol. The van der Waals surface area contributed by atoms with Gasteiger partial charge in [-0.25, -0.2) is 22.0 Å². The quantitative estimate of drug-likeness (QED) is 0.276. The van der Waals surface area contributed by atoms with Gasteiger partial charge in [0.1, 0.15) is 6.04 Å². The highest BCUT2D eigenvalue weighted by molar-refractivity contribution is 7.73. The zero-order chi connectivity index (χ0) is 24.3. The molecule has 174 valence electrons. The summed E-state index contributed by atoms with van der Waals surface area (Å²) >= 11 is 5.60. The third-order valence-electron chi connectivity index (χ3n) is 4.64. The lowest BCUT2D eigenvalue weighted by atomic mass is 10.0. The molecule has 3 aromatic rings. The highest BCUT2D eigenvalue weighted by Gasteiger charge is 2.41. The summed E-state index contributed by atoms with van der Waals surface area (Å²) in [6.45, 7) is 0. The second-order valence-electron chi connectivity index (χ2n) is 6.78. The van der Waals surface area contributed by atoms with Crippen molar-refractivity contribution in [1.82, 2.24) is 10.2 Å². The molecular formula is C20H15F5N4O2S2. The van der Waals surface area contributed by atoms with Crippen LogP contribution < -0.4 is 10.6 Å². The summed E-state index contributed by atoms with van der Waals surface area (Å²) in [5.41, 5.74) is 4.79. The average molecular weight is 502 g/mol. The number of nitrogens with one attached hydrogen (secondary N) is 1. The zero-order valence-corrected chi connectivity index (χ0v) is 18.1. The third-order valence-corrected chi connectivity index (χ3v) is 5.73. The lowest BCUT2D eigenvalue weighted by Gasteiger charge is -2.29. The molecule has 0 bridgehead atoms. The first-order valence-corrected chi connectivity index (χ1v) is 10.5. The van der Waals surface area contributed by atoms with E-state index in [1.54, 1.807) is 30.3 Å². The van der Waals surface area contributed by atoms with Crippen LogP contribution in [0.2, 0.25) is 0 Å². The Bertz CT molecular complexity index is 1220. The van der Waals surface area contributed by atoms with Crippen LogP contribution in [0.25, 0.3) is 0 Å². The number of nitrogens with two attached hydrogens (primary N) is 1. The van der Waals surface area contributed by atoms with Crippen LogP contribution in [0, 0.1) is 21.4 Å². The highest BCUT2D eigenvalue weighted by Crippen LogP contribution is 2.32. The molecule has 0 fully saturated rings. The molecule has 2 unspecified atom stereocenters. The minimum atomic E-state index is -3.11. The monoisotopic (exact) mass is 502 g/mol. The first-order chi connectivity index (χ1) is 15.6. The number of aromatic nitrogens is 2. The molecule has 0 saturated carbocycles. The number of H-pyrrole nitrogens is 1. The number of halogens is 5. The number of nitrogens with zero attached hydrogens (tertiary/aromatic N) is 2. The molecular weight excluding hydrogens is 487 g/mol. The molecule has 3 atom stereocenters. The number of rotatable bonds is 8. The summed E-state index contributed by atoms with van der Waals surface area (Å²) in [7, 11) is 0. The number of hydrogen-bond acceptors (Lipinski definition) is 5. The van der Waals surface area contributed by atoms with Gasteiger partial charge in [0.2, 0.25) is 17.2 Å². The van der Waals surface area contributed by atoms with Gasteiger partial charge in [0.05, 0.1) is 0 Å². The lowest BCUT2D eigenvalue weighted by Crippen LogP contribution is -2.52. The fourth-order valence-corrected chi connectivity index (χ4v) is 3.97. The maximum atomic E-state index is 15.0. The van der Waals surface area contributed by atoms with Gasteiger partial charge in [-0.1, -0.05) is 41.7 Å². The Morgan fingerprint density at radius 3 is 2.33 bits per heavy atom. The van der Waals surface area contributed by atoms with Gasteiger partial charge in [0, 0.05) is 12.0 Å². The Morgan fingerprint density at radius 2 is 1.76 bits per heavy atom. The van der Waals surface area contributed by atoms with Crippen molar-refractivity contribution in [3.63, 3.8) is 0 Å². The summed E-state index contributed by atoms with van der Waals surface area (Å²) in [5.74, 6) is -8.30. The van der Waals surface area contributed by atoms with Crippen molar-refractivity contribution in [3.05, 3.63) is 75.0 Å². The van der Waals surface area contributed by atoms with Crippen LogP contribution in [-0.2, 0) is 16.0 Å². The highest BCUT2D eigenvalue weighted by atomic mass is 32.1. The number of primary amides is 1. The van der Waals surface area contributed by atoms with E-state index in [4.69, 9.17) is 18.0 Å². The molecule has 0 aliphatic carbocycles. The van der Waals surface area contributed by atoms with Crippen molar-refractivity contribution in [2.24, 2.45) is 5.73 Å². The second-order valence-corrected chi connectivity index (χ2v) is 8.42. The van der Waals surface area contributed by atoms with E-state index in [0.29, 0.717) is 33.9 Å². The van der Waals surface area contributed by atoms with E-state index in [0.717, 1.165) is 0 Å². The Labute approximate surface area is 192 Å². The van der Waals surface area contributed by atoms with Crippen molar-refractivity contribution in [2.45, 2.75) is 24.8 Å². The van der Waals surface area contributed by atoms with Gasteiger partial charge in [0.15, 0.2) is 27.6 Å². The largest absolute Gasteiger partial charge is 0.368 e. The second kappa shape index (κ2) is 10.2. The molecule has 6 nitrogen and oxygen atoms in total. The molecule has 0 aliphatic heterocycles. The van der Waals surface area contributed by atoms with Gasteiger partial charge in [-0.05, 0) is 29.9 Å². The molecule has 0 saturated heterocycles. The van der Waals surface area contributed by atoms with Gasteiger partial charge in [-0.2, -0.15) is 0 Å². The summed E-state index contributed by atoms with van der Waals surface area (Å²) in [6, 6.07) is 7.60. The molecule has 0 radical (unpaired) electrons. The molecule has 0 aliphatic rings. The van der Waals surface area contributed by atoms with Gasteiger partial charge < -0.3 is 5.73 Å². The Balaban J connectivity index is 2.01. The molecule has 1 aromatic heterocycles. The molecule has 3 rings (SSSR count). The van der Waals surface area contributed by atoms with Gasteiger partial charge in [-0.3, -0.25) is 19.6 Å². The van der Waals surface area contributed by atoms with E-state index in [9.17, 15) is 27.2 Å². The van der Waals surface area contributed by atoms with Crippen LogP contribution in [-0.4, -0.2) is 34.2 Å². The van der Waals surface area contributed by atoms with Crippen molar-refractivity contribution in [2.75, 3.05) is 4.90 Å². The van der Waals surface area contributed by atoms with Crippen LogP contribution in [0.5, 0.6) is 0 Å². The summed E-state index contributed by atoms with van der Waals surface area (Å²) < 4.78 is 70.5. The summed E-state index contributed by atoms with van der Waals surface area (Å²) in [5, 5.41) is 5.82. The number of hydrogen-bond donors (Lipinski definition) is 2. The van der Waals surface area contributed by atoms with Crippen LogP contribution >= 0.6 is 23.6 Å². The van der Waals surface area contributed by atoms with Crippen LogP contribution in [0.3, 0.4) is 0 Å². The van der Waals surface area contributed by atoms with E-state index in [1.807, 2.05) is 0 Å². The first-order valence-electron chi connectivity index (χ1n) is 9.25. The van der Waals surface area contributed by atoms with Gasteiger partial charge >= 0.3 is 0 Å². The number of carbonyl (C=O) groups excluding carboxylic acids is 2. The number of anilines is 1. The number of benzene rings is 2. The number of alkyl halides is 2. The van der Waals surface area contributed by atoms with E-state index in [-0.39, 0.29) is 15.5 Å². The molecule has 0 spiro atoms. The molecule has 33 heavy (non-hydrogen) atoms. The Kier molecular flexibility index (Phi) is 7.53. The molecule has 2 aromatic carbocycles. The van der Waals surface area contributed by atoms with Gasteiger partial charge in [0.25, 0.3) is 5.91 Å². The molecule has 1 heterocycles. The van der Waals surface area contributed by atoms with Crippen LogP contribution in [0.15, 0.2) is 42.5 Å². The maximum Gasteiger partial charge on any atom is 0.267 e. The van der Waals surface area contributed by atoms with E-state index in [2.05, 4.69) is 10.2 Å². The number of carbonyl (C=O) groups is 2. The third kappa shape index (κ3) is 5.25. The molecule has 3 N–H and O–H groups in total. The summed E-state index contributed by atoms with van der Waals surface area (Å²) in [6.07, 6.45) is -6.32. The average Bonchev–Trinajstić information content (AvgIpc) is 3.22. The van der Waals surface area contributed by atoms with Crippen molar-refractivity contribution in [1.29, 1.82) is 0 Å². The van der Waals surface area contributed by atoms with Crippen molar-refractivity contribution < 1.29 is 31.5 Å². The Hall–Kier alpha value is -3.19. The number of aromatic amines is 1. The number of amides is 2. The first kappa shape index (κ1) is 24.5. The molecule has 2 amide bonds. The van der Waals surface area contributed by atoms with Crippen LogP contribution in [0.1, 0.15) is 17.3 Å². The fourth-order valence-electron chi connectivity index (χ4n) is 3.03. The minimum Gasteiger partial charge on any atom is -0.368 e. The standard InChI is InChI=1S/C20H15F5N4O2S2/c21-11-7-6-10(13(22)15(11)24)14(23)16(25)18(31)29(19-27-28-20(32)33-19)12(17(26)30)8-9-4-2-1-3-5-9/h1-7,12,14,16H,8H2,(H2,26,30)(H,28,32)/t12?,14?,16-/m1/s1. The van der Waals surface area contributed by atoms with E-state index in [1.165, 1.54) is 0 Å². The minimum absolute atomic E-state index is 0.0598. The topological polar surface area (TPSA) is 92.1 Å². The van der Waals surface area contributed by atoms with E-state index < -0.39 is 53.2 Å². The molecule has 13 heteroatoms. The lowest BCUT2D eigenvalue weighted by molar-refractivity contribution is -0.129. The normalized spacial score (nSPS) is 13.8.